The number of piperazine rings is 1. The van der Waals surface area contributed by atoms with E-state index in [0.29, 0.717) is 30.8 Å². The number of benzene rings is 1. The van der Waals surface area contributed by atoms with Crippen molar-refractivity contribution in [2.75, 3.05) is 37.1 Å². The van der Waals surface area contributed by atoms with Crippen molar-refractivity contribution in [3.8, 4) is 0 Å². The maximum atomic E-state index is 14.1. The largest absolute Gasteiger partial charge is 0.366 e. The van der Waals surface area contributed by atoms with Gasteiger partial charge in [-0.2, -0.15) is 5.10 Å². The van der Waals surface area contributed by atoms with Crippen molar-refractivity contribution >= 4 is 38.5 Å². The second kappa shape index (κ2) is 10.6. The number of fused-ring (bicyclic) bond motifs is 1. The van der Waals surface area contributed by atoms with Crippen molar-refractivity contribution < 1.29 is 18.0 Å². The Morgan fingerprint density at radius 2 is 1.91 bits per heavy atom. The van der Waals surface area contributed by atoms with Crippen LogP contribution in [0.15, 0.2) is 34.2 Å². The molecule has 2 saturated carbocycles. The topological polar surface area (TPSA) is 144 Å². The number of hydrogen-bond donors (Lipinski definition) is 2. The van der Waals surface area contributed by atoms with E-state index in [2.05, 4.69) is 15.3 Å². The summed E-state index contributed by atoms with van der Waals surface area (Å²) in [4.78, 5) is 41.5. The number of nitrogens with one attached hydrogen (secondary N) is 2. The number of nitrogens with zero attached hydrogens (tertiary/aromatic N) is 6. The smallest absolute Gasteiger partial charge is 0.263 e. The lowest BCUT2D eigenvalue weighted by molar-refractivity contribution is -0.148. The fraction of sp³-hybridized carbons (Fsp3) is 0.586. The van der Waals surface area contributed by atoms with E-state index in [9.17, 15) is 18.0 Å². The molecule has 13 nitrogen and oxygen atoms in total. The zero-order chi connectivity index (χ0) is 30.7. The number of carbonyl (C=O) groups excluding carboxylic acids is 1. The molecule has 1 aromatic carbocycles. The van der Waals surface area contributed by atoms with Gasteiger partial charge >= 0.3 is 0 Å². The van der Waals surface area contributed by atoms with Gasteiger partial charge in [-0.3, -0.25) is 23.7 Å². The molecule has 3 aliphatic rings. The summed E-state index contributed by atoms with van der Waals surface area (Å²) in [6, 6.07) is 2.90. The van der Waals surface area contributed by atoms with Crippen molar-refractivity contribution in [3.05, 3.63) is 40.4 Å². The van der Waals surface area contributed by atoms with Gasteiger partial charge in [0.2, 0.25) is 21.9 Å². The lowest BCUT2D eigenvalue weighted by Crippen LogP contribution is -2.58. The van der Waals surface area contributed by atoms with Crippen LogP contribution in [0.1, 0.15) is 58.4 Å². The first-order valence-corrected chi connectivity index (χ1v) is 16.3. The van der Waals surface area contributed by atoms with Gasteiger partial charge < -0.3 is 9.80 Å². The molecule has 1 atom stereocenters. The van der Waals surface area contributed by atoms with E-state index in [0.717, 1.165) is 37.7 Å². The fourth-order valence-corrected chi connectivity index (χ4v) is 7.66. The first kappa shape index (κ1) is 29.6. The molecule has 3 fully saturated rings. The number of aromatic nitrogens is 4. The lowest BCUT2D eigenvalue weighted by Gasteiger charge is -2.47. The quantitative estimate of drug-likeness (QED) is 0.348. The molecule has 3 aromatic rings. The van der Waals surface area contributed by atoms with Crippen LogP contribution in [0.2, 0.25) is 0 Å². The predicted octanol–water partition coefficient (Wildman–Crippen LogP) is 2.21. The average molecular weight is 613 g/mol. The molecule has 1 amide bonds. The first-order chi connectivity index (χ1) is 20.3. The third-order valence-corrected chi connectivity index (χ3v) is 10.8. The van der Waals surface area contributed by atoms with Gasteiger partial charge in [0.15, 0.2) is 0 Å². The Morgan fingerprint density at radius 1 is 1.16 bits per heavy atom. The van der Waals surface area contributed by atoms with E-state index in [-0.39, 0.29) is 40.1 Å². The molecule has 3 heterocycles. The molecule has 0 radical (unpaired) electrons. The van der Waals surface area contributed by atoms with Gasteiger partial charge in [-0.1, -0.05) is 13.3 Å². The highest BCUT2D eigenvalue weighted by molar-refractivity contribution is 7.89. The van der Waals surface area contributed by atoms with E-state index in [1.165, 1.54) is 17.7 Å². The predicted molar refractivity (Wildman–Crippen MR) is 162 cm³/mol. The van der Waals surface area contributed by atoms with E-state index in [4.69, 9.17) is 9.82 Å². The number of carbonyl (C=O) groups is 1. The van der Waals surface area contributed by atoms with Gasteiger partial charge in [0, 0.05) is 55.4 Å². The standard InChI is InChI=1S/C29H40N8O5S/c1-19-16-35(11-12-36(19)26(39)28(2)7-6-8-28)23-14-21(43(40,41)33-29(3)9-10-29)13-22-24(23)31-27(32-42-5)37(25(22)38)18-20-15-30-34(4)17-20/h13-15,17,19,33H,6-12,16,18H2,1-5H3,(H,31,32). The van der Waals surface area contributed by atoms with E-state index >= 15 is 0 Å². The first-order valence-electron chi connectivity index (χ1n) is 14.8. The zero-order valence-corrected chi connectivity index (χ0v) is 26.2. The molecule has 232 valence electrons. The Bertz CT molecular complexity index is 1740. The average Bonchev–Trinajstić information content (AvgIpc) is 3.51. The minimum atomic E-state index is -3.94. The van der Waals surface area contributed by atoms with Crippen molar-refractivity contribution in [1.29, 1.82) is 0 Å². The molecule has 1 saturated heterocycles. The molecule has 2 N–H and O–H groups in total. The molecule has 0 spiro atoms. The molecular formula is C29H40N8O5S. The zero-order valence-electron chi connectivity index (χ0n) is 25.4. The molecular weight excluding hydrogens is 572 g/mol. The van der Waals surface area contributed by atoms with Crippen molar-refractivity contribution in [2.45, 2.75) is 75.9 Å². The summed E-state index contributed by atoms with van der Waals surface area (Å²) in [5.74, 6) is 0.362. The minimum absolute atomic E-state index is 0.00976. The normalized spacial score (nSPS) is 21.1. The summed E-state index contributed by atoms with van der Waals surface area (Å²) in [6.07, 6.45) is 7.84. The van der Waals surface area contributed by atoms with Crippen LogP contribution in [0.4, 0.5) is 11.6 Å². The Balaban J connectivity index is 1.45. The van der Waals surface area contributed by atoms with E-state index in [1.807, 2.05) is 30.6 Å². The molecule has 2 aliphatic carbocycles. The summed E-state index contributed by atoms with van der Waals surface area (Å²) in [7, 11) is -0.712. The van der Waals surface area contributed by atoms with Crippen LogP contribution < -0.4 is 20.7 Å². The van der Waals surface area contributed by atoms with Gasteiger partial charge in [0.25, 0.3) is 5.56 Å². The molecule has 6 rings (SSSR count). The highest BCUT2D eigenvalue weighted by Crippen LogP contribution is 2.43. The summed E-state index contributed by atoms with van der Waals surface area (Å²) >= 11 is 0. The maximum Gasteiger partial charge on any atom is 0.263 e. The number of sulfonamides is 1. The Morgan fingerprint density at radius 3 is 2.49 bits per heavy atom. The second-order valence-corrected chi connectivity index (χ2v) is 14.6. The van der Waals surface area contributed by atoms with Crippen molar-refractivity contribution in [2.24, 2.45) is 12.5 Å². The highest BCUT2D eigenvalue weighted by Gasteiger charge is 2.44. The molecule has 0 bridgehead atoms. The number of aryl methyl sites for hydroxylation is 1. The SMILES string of the molecule is CONc1nc2c(N3CCN(C(=O)C4(C)CCC4)C(C)C3)cc(S(=O)(=O)NC3(C)CC3)cc2c(=O)n1Cc1cnn(C)c1. The number of rotatable bonds is 9. The van der Waals surface area contributed by atoms with Crippen LogP contribution in [-0.4, -0.2) is 76.9 Å². The Hall–Kier alpha value is -3.49. The summed E-state index contributed by atoms with van der Waals surface area (Å²) in [6.45, 7) is 7.52. The highest BCUT2D eigenvalue weighted by atomic mass is 32.2. The fourth-order valence-electron chi connectivity index (χ4n) is 6.15. The third-order valence-electron chi connectivity index (χ3n) is 9.20. The molecule has 43 heavy (non-hydrogen) atoms. The van der Waals surface area contributed by atoms with Crippen LogP contribution in [0, 0.1) is 5.41 Å². The molecule has 2 aromatic heterocycles. The van der Waals surface area contributed by atoms with Gasteiger partial charge in [0.1, 0.15) is 5.52 Å². The van der Waals surface area contributed by atoms with Gasteiger partial charge in [0.05, 0.1) is 35.8 Å². The monoisotopic (exact) mass is 612 g/mol. The van der Waals surface area contributed by atoms with Crippen molar-refractivity contribution in [1.82, 2.24) is 29.0 Å². The second-order valence-electron chi connectivity index (χ2n) is 12.9. The maximum absolute atomic E-state index is 14.1. The van der Waals surface area contributed by atoms with E-state index in [1.54, 1.807) is 30.2 Å². The van der Waals surface area contributed by atoms with Crippen LogP contribution in [-0.2, 0) is 33.2 Å². The third kappa shape index (κ3) is 5.51. The van der Waals surface area contributed by atoms with Crippen LogP contribution in [0.5, 0.6) is 0 Å². The van der Waals surface area contributed by atoms with Crippen LogP contribution in [0.25, 0.3) is 10.9 Å². The molecule has 1 aliphatic heterocycles. The van der Waals surface area contributed by atoms with Crippen molar-refractivity contribution in [3.63, 3.8) is 0 Å². The summed E-state index contributed by atoms with van der Waals surface area (Å²) in [5, 5.41) is 4.38. The Labute approximate surface area is 251 Å². The van der Waals surface area contributed by atoms with Crippen LogP contribution >= 0.6 is 0 Å². The summed E-state index contributed by atoms with van der Waals surface area (Å²) < 4.78 is 33.1. The van der Waals surface area contributed by atoms with Gasteiger partial charge in [-0.25, -0.2) is 23.6 Å². The van der Waals surface area contributed by atoms with Gasteiger partial charge in [-0.05, 0) is 51.7 Å². The van der Waals surface area contributed by atoms with E-state index < -0.39 is 21.1 Å². The number of anilines is 2. The van der Waals surface area contributed by atoms with Gasteiger partial charge in [-0.15, -0.1) is 0 Å². The Kier molecular flexibility index (Phi) is 7.29. The summed E-state index contributed by atoms with van der Waals surface area (Å²) in [5.41, 5.74) is 3.19. The number of hydrogen-bond acceptors (Lipinski definition) is 9. The minimum Gasteiger partial charge on any atom is -0.366 e. The number of amides is 1. The molecule has 14 heteroatoms. The van der Waals surface area contributed by atoms with Crippen LogP contribution in [0.3, 0.4) is 0 Å². The lowest BCUT2D eigenvalue weighted by atomic mass is 9.69. The molecule has 1 unspecified atom stereocenters.